The Morgan fingerprint density at radius 2 is 2.00 bits per heavy atom. The molecule has 2 heteroatoms. The molecule has 1 rings (SSSR count). The third-order valence-electron chi connectivity index (χ3n) is 2.94. The topological polar surface area (TPSA) is 29.5 Å². The first-order valence-corrected chi connectivity index (χ1v) is 5.89. The first kappa shape index (κ1) is 13.0. The molecule has 1 aromatic carbocycles. The monoisotopic (exact) mass is 222 g/mol. The van der Waals surface area contributed by atoms with E-state index in [0.29, 0.717) is 5.92 Å². The first-order valence-electron chi connectivity index (χ1n) is 5.89. The van der Waals surface area contributed by atoms with Gasteiger partial charge in [0.1, 0.15) is 5.75 Å². The number of hydrogen-bond acceptors (Lipinski definition) is 2. The predicted molar refractivity (Wildman–Crippen MR) is 67.2 cm³/mol. The molecular formula is C14H22O2. The summed E-state index contributed by atoms with van der Waals surface area (Å²) in [5.74, 6) is 1.46. The highest BCUT2D eigenvalue weighted by Gasteiger charge is 2.13. The van der Waals surface area contributed by atoms with E-state index in [4.69, 9.17) is 9.84 Å². The van der Waals surface area contributed by atoms with E-state index in [0.717, 1.165) is 18.6 Å². The van der Waals surface area contributed by atoms with Crippen molar-refractivity contribution < 1.29 is 9.84 Å². The Balaban J connectivity index is 3.16. The van der Waals surface area contributed by atoms with Crippen LogP contribution in [0.15, 0.2) is 12.1 Å². The fraction of sp³-hybridized carbons (Fsp3) is 0.571. The average Bonchev–Trinajstić information content (AvgIpc) is 2.26. The van der Waals surface area contributed by atoms with Crippen LogP contribution < -0.4 is 4.74 Å². The number of ether oxygens (including phenoxy) is 1. The van der Waals surface area contributed by atoms with Crippen LogP contribution in [0.1, 0.15) is 42.9 Å². The van der Waals surface area contributed by atoms with Crippen LogP contribution in [0.2, 0.25) is 0 Å². The summed E-state index contributed by atoms with van der Waals surface area (Å²) in [6, 6.07) is 4.28. The number of hydrogen-bond donors (Lipinski definition) is 1. The zero-order chi connectivity index (χ0) is 12.1. The molecule has 2 nitrogen and oxygen atoms in total. The molecule has 0 amide bonds. The SMILES string of the molecule is COc1c(C(C)C)ccc(C)c1CCCO. The predicted octanol–water partition coefficient (Wildman–Crippen LogP) is 3.05. The first-order chi connectivity index (χ1) is 7.61. The van der Waals surface area contributed by atoms with Crippen LogP contribution in [0, 0.1) is 6.92 Å². The maximum absolute atomic E-state index is 8.92. The van der Waals surface area contributed by atoms with Gasteiger partial charge in [-0.1, -0.05) is 26.0 Å². The number of aryl methyl sites for hydroxylation is 1. The largest absolute Gasteiger partial charge is 0.496 e. The summed E-state index contributed by atoms with van der Waals surface area (Å²) in [6.45, 7) is 6.67. The summed E-state index contributed by atoms with van der Waals surface area (Å²) in [5.41, 5.74) is 3.73. The molecule has 0 unspecified atom stereocenters. The van der Waals surface area contributed by atoms with E-state index in [1.165, 1.54) is 16.7 Å². The summed E-state index contributed by atoms with van der Waals surface area (Å²) in [7, 11) is 1.73. The highest BCUT2D eigenvalue weighted by molar-refractivity contribution is 5.47. The van der Waals surface area contributed by atoms with E-state index in [1.54, 1.807) is 7.11 Å². The standard InChI is InChI=1S/C14H22O2/c1-10(2)12-8-7-11(3)13(6-5-9-15)14(12)16-4/h7-8,10,15H,5-6,9H2,1-4H3. The minimum absolute atomic E-state index is 0.231. The molecule has 16 heavy (non-hydrogen) atoms. The van der Waals surface area contributed by atoms with E-state index in [2.05, 4.69) is 32.9 Å². The smallest absolute Gasteiger partial charge is 0.125 e. The quantitative estimate of drug-likeness (QED) is 0.829. The summed E-state index contributed by atoms with van der Waals surface area (Å²) >= 11 is 0. The van der Waals surface area contributed by atoms with Crippen molar-refractivity contribution in [2.75, 3.05) is 13.7 Å². The normalized spacial score (nSPS) is 10.9. The van der Waals surface area contributed by atoms with Crippen molar-refractivity contribution in [3.8, 4) is 5.75 Å². The Kier molecular flexibility index (Phi) is 4.81. The molecule has 0 atom stereocenters. The van der Waals surface area contributed by atoms with Crippen molar-refractivity contribution in [2.24, 2.45) is 0 Å². The minimum Gasteiger partial charge on any atom is -0.496 e. The Morgan fingerprint density at radius 1 is 1.31 bits per heavy atom. The molecule has 0 aliphatic rings. The van der Waals surface area contributed by atoms with Crippen LogP contribution in [0.3, 0.4) is 0 Å². The molecule has 0 bridgehead atoms. The van der Waals surface area contributed by atoms with Gasteiger partial charge in [-0.3, -0.25) is 0 Å². The summed E-state index contributed by atoms with van der Waals surface area (Å²) in [5, 5.41) is 8.92. The Labute approximate surface area is 98.3 Å². The number of benzene rings is 1. The van der Waals surface area contributed by atoms with E-state index >= 15 is 0 Å². The fourth-order valence-electron chi connectivity index (χ4n) is 2.01. The van der Waals surface area contributed by atoms with Gasteiger partial charge in [0.05, 0.1) is 7.11 Å². The second-order valence-electron chi connectivity index (χ2n) is 4.47. The lowest BCUT2D eigenvalue weighted by Gasteiger charge is -2.18. The molecular weight excluding hydrogens is 200 g/mol. The second-order valence-corrected chi connectivity index (χ2v) is 4.47. The molecule has 0 saturated carbocycles. The number of methoxy groups -OCH3 is 1. The van der Waals surface area contributed by atoms with Gasteiger partial charge in [-0.15, -0.1) is 0 Å². The third-order valence-corrected chi connectivity index (χ3v) is 2.94. The lowest BCUT2D eigenvalue weighted by molar-refractivity contribution is 0.287. The summed E-state index contributed by atoms with van der Waals surface area (Å²) in [6.07, 6.45) is 1.67. The Bertz CT molecular complexity index is 343. The van der Waals surface area contributed by atoms with Crippen LogP contribution in [0.4, 0.5) is 0 Å². The molecule has 0 heterocycles. The molecule has 1 N–H and O–H groups in total. The zero-order valence-corrected chi connectivity index (χ0v) is 10.7. The van der Waals surface area contributed by atoms with Gasteiger partial charge in [-0.25, -0.2) is 0 Å². The third kappa shape index (κ3) is 2.76. The molecule has 0 aliphatic heterocycles. The number of aliphatic hydroxyl groups is 1. The molecule has 0 fully saturated rings. The van der Waals surface area contributed by atoms with Crippen molar-refractivity contribution >= 4 is 0 Å². The number of aliphatic hydroxyl groups excluding tert-OH is 1. The van der Waals surface area contributed by atoms with Gasteiger partial charge in [0, 0.05) is 6.61 Å². The van der Waals surface area contributed by atoms with Gasteiger partial charge >= 0.3 is 0 Å². The lowest BCUT2D eigenvalue weighted by Crippen LogP contribution is -2.02. The van der Waals surface area contributed by atoms with Crippen LogP contribution in [-0.2, 0) is 6.42 Å². The van der Waals surface area contributed by atoms with E-state index in [9.17, 15) is 0 Å². The van der Waals surface area contributed by atoms with Crippen LogP contribution >= 0.6 is 0 Å². The van der Waals surface area contributed by atoms with Gasteiger partial charge in [0.2, 0.25) is 0 Å². The van der Waals surface area contributed by atoms with Gasteiger partial charge < -0.3 is 9.84 Å². The molecule has 0 aromatic heterocycles. The van der Waals surface area contributed by atoms with Crippen molar-refractivity contribution in [3.05, 3.63) is 28.8 Å². The molecule has 0 radical (unpaired) electrons. The zero-order valence-electron chi connectivity index (χ0n) is 10.7. The molecule has 0 saturated heterocycles. The highest BCUT2D eigenvalue weighted by atomic mass is 16.5. The lowest BCUT2D eigenvalue weighted by atomic mass is 9.94. The minimum atomic E-state index is 0.231. The molecule has 1 aromatic rings. The van der Waals surface area contributed by atoms with Gasteiger partial charge in [-0.05, 0) is 42.4 Å². The van der Waals surface area contributed by atoms with Gasteiger partial charge in [0.15, 0.2) is 0 Å². The summed E-state index contributed by atoms with van der Waals surface area (Å²) < 4.78 is 5.53. The van der Waals surface area contributed by atoms with Crippen LogP contribution in [0.5, 0.6) is 5.75 Å². The van der Waals surface area contributed by atoms with Gasteiger partial charge in [-0.2, -0.15) is 0 Å². The van der Waals surface area contributed by atoms with Crippen molar-refractivity contribution in [2.45, 2.75) is 39.5 Å². The second kappa shape index (κ2) is 5.90. The Morgan fingerprint density at radius 3 is 2.50 bits per heavy atom. The highest BCUT2D eigenvalue weighted by Crippen LogP contribution is 2.32. The van der Waals surface area contributed by atoms with Crippen molar-refractivity contribution in [1.29, 1.82) is 0 Å². The molecule has 0 aliphatic carbocycles. The summed E-state index contributed by atoms with van der Waals surface area (Å²) in [4.78, 5) is 0. The molecule has 0 spiro atoms. The average molecular weight is 222 g/mol. The van der Waals surface area contributed by atoms with Gasteiger partial charge in [0.25, 0.3) is 0 Å². The van der Waals surface area contributed by atoms with E-state index in [-0.39, 0.29) is 6.61 Å². The molecule has 90 valence electrons. The van der Waals surface area contributed by atoms with E-state index in [1.807, 2.05) is 0 Å². The van der Waals surface area contributed by atoms with E-state index < -0.39 is 0 Å². The van der Waals surface area contributed by atoms with Crippen LogP contribution in [0.25, 0.3) is 0 Å². The van der Waals surface area contributed by atoms with Crippen LogP contribution in [-0.4, -0.2) is 18.8 Å². The Hall–Kier alpha value is -1.02. The maximum Gasteiger partial charge on any atom is 0.125 e. The van der Waals surface area contributed by atoms with Crippen molar-refractivity contribution in [1.82, 2.24) is 0 Å². The number of rotatable bonds is 5. The maximum atomic E-state index is 8.92. The fourth-order valence-corrected chi connectivity index (χ4v) is 2.01. The van der Waals surface area contributed by atoms with Crippen molar-refractivity contribution in [3.63, 3.8) is 0 Å².